The molecular weight excluding hydrogens is 172 g/mol. The molecule has 14 heavy (non-hydrogen) atoms. The predicted octanol–water partition coefficient (Wildman–Crippen LogP) is 3.84. The Morgan fingerprint density at radius 1 is 1.36 bits per heavy atom. The monoisotopic (exact) mass is 194 g/mol. The Labute approximate surface area is 87.5 Å². The Kier molecular flexibility index (Phi) is 2.96. The van der Waals surface area contributed by atoms with E-state index >= 15 is 0 Å². The molecular formula is C13H22O. The van der Waals surface area contributed by atoms with E-state index in [1.54, 1.807) is 11.1 Å². The van der Waals surface area contributed by atoms with E-state index < -0.39 is 0 Å². The molecule has 1 heterocycles. The lowest BCUT2D eigenvalue weighted by molar-refractivity contribution is 0.0337. The summed E-state index contributed by atoms with van der Waals surface area (Å²) >= 11 is 0. The molecule has 0 aromatic heterocycles. The van der Waals surface area contributed by atoms with Gasteiger partial charge in [-0.3, -0.25) is 0 Å². The molecule has 80 valence electrons. The largest absolute Gasteiger partial charge is 0.371 e. The first-order chi connectivity index (χ1) is 6.78. The van der Waals surface area contributed by atoms with Gasteiger partial charge in [-0.15, -0.1) is 0 Å². The summed E-state index contributed by atoms with van der Waals surface area (Å²) in [6, 6.07) is 0. The van der Waals surface area contributed by atoms with Crippen LogP contribution in [0.2, 0.25) is 0 Å². The fourth-order valence-corrected chi connectivity index (χ4v) is 3.01. The van der Waals surface area contributed by atoms with Crippen LogP contribution in [0, 0.1) is 0 Å². The van der Waals surface area contributed by atoms with Gasteiger partial charge in [0.2, 0.25) is 0 Å². The number of hydrogen-bond acceptors (Lipinski definition) is 1. The molecule has 0 radical (unpaired) electrons. The molecule has 0 amide bonds. The lowest BCUT2D eigenvalue weighted by Gasteiger charge is -2.27. The first-order valence-corrected chi connectivity index (χ1v) is 6.11. The van der Waals surface area contributed by atoms with Crippen LogP contribution in [-0.2, 0) is 4.74 Å². The smallest absolute Gasteiger partial charge is 0.0897 e. The van der Waals surface area contributed by atoms with Crippen molar-refractivity contribution in [3.63, 3.8) is 0 Å². The van der Waals surface area contributed by atoms with Gasteiger partial charge in [0.05, 0.1) is 5.60 Å². The summed E-state index contributed by atoms with van der Waals surface area (Å²) in [5.41, 5.74) is 3.50. The van der Waals surface area contributed by atoms with Crippen LogP contribution in [-0.4, -0.2) is 12.2 Å². The van der Waals surface area contributed by atoms with Gasteiger partial charge in [0.15, 0.2) is 0 Å². The van der Waals surface area contributed by atoms with E-state index in [-0.39, 0.29) is 5.60 Å². The van der Waals surface area contributed by atoms with E-state index in [0.29, 0.717) is 0 Å². The highest BCUT2D eigenvalue weighted by Crippen LogP contribution is 2.46. The van der Waals surface area contributed by atoms with E-state index in [1.165, 1.54) is 44.9 Å². The third-order valence-corrected chi connectivity index (χ3v) is 3.85. The van der Waals surface area contributed by atoms with Gasteiger partial charge < -0.3 is 4.74 Å². The second-order valence-corrected chi connectivity index (χ2v) is 4.81. The molecule has 1 nitrogen and oxygen atoms in total. The second kappa shape index (κ2) is 4.06. The summed E-state index contributed by atoms with van der Waals surface area (Å²) in [6.07, 6.45) is 9.00. The zero-order valence-electron chi connectivity index (χ0n) is 9.57. The van der Waals surface area contributed by atoms with Crippen molar-refractivity contribution in [1.29, 1.82) is 0 Å². The fraction of sp³-hybridized carbons (Fsp3) is 0.846. The van der Waals surface area contributed by atoms with Crippen LogP contribution in [0.4, 0.5) is 0 Å². The highest BCUT2D eigenvalue weighted by atomic mass is 16.5. The number of ether oxygens (including phenoxy) is 1. The third-order valence-electron chi connectivity index (χ3n) is 3.85. The molecule has 0 aromatic carbocycles. The number of rotatable bonds is 3. The van der Waals surface area contributed by atoms with Crippen molar-refractivity contribution in [2.75, 3.05) is 6.61 Å². The summed E-state index contributed by atoms with van der Waals surface area (Å²) in [5.74, 6) is 0. The van der Waals surface area contributed by atoms with E-state index in [0.717, 1.165) is 6.61 Å². The maximum atomic E-state index is 6.02. The molecule has 1 aliphatic carbocycles. The van der Waals surface area contributed by atoms with Crippen molar-refractivity contribution >= 4 is 0 Å². The van der Waals surface area contributed by atoms with Gasteiger partial charge in [-0.1, -0.05) is 18.9 Å². The molecule has 1 aliphatic heterocycles. The van der Waals surface area contributed by atoms with Crippen LogP contribution in [0.1, 0.15) is 58.8 Å². The highest BCUT2D eigenvalue weighted by molar-refractivity contribution is 5.30. The van der Waals surface area contributed by atoms with E-state index in [9.17, 15) is 0 Å². The maximum Gasteiger partial charge on any atom is 0.0897 e. The summed E-state index contributed by atoms with van der Waals surface area (Å²) in [6.45, 7) is 5.57. The minimum Gasteiger partial charge on any atom is -0.371 e. The molecule has 1 fully saturated rings. The van der Waals surface area contributed by atoms with Gasteiger partial charge in [0.25, 0.3) is 0 Å². The molecule has 0 N–H and O–H groups in total. The molecule has 1 heteroatoms. The van der Waals surface area contributed by atoms with Crippen LogP contribution in [0.25, 0.3) is 0 Å². The molecule has 1 saturated heterocycles. The van der Waals surface area contributed by atoms with E-state index in [1.807, 2.05) is 0 Å². The average molecular weight is 194 g/mol. The Morgan fingerprint density at radius 3 is 2.86 bits per heavy atom. The Hall–Kier alpha value is -0.300. The molecule has 2 rings (SSSR count). The fourth-order valence-electron chi connectivity index (χ4n) is 3.01. The Bertz CT molecular complexity index is 234. The van der Waals surface area contributed by atoms with Crippen molar-refractivity contribution in [3.05, 3.63) is 11.1 Å². The van der Waals surface area contributed by atoms with Crippen molar-refractivity contribution in [3.8, 4) is 0 Å². The summed E-state index contributed by atoms with van der Waals surface area (Å²) in [5, 5.41) is 0. The minimum atomic E-state index is 0.208. The second-order valence-electron chi connectivity index (χ2n) is 4.81. The molecule has 1 spiro atoms. The van der Waals surface area contributed by atoms with Gasteiger partial charge >= 0.3 is 0 Å². The van der Waals surface area contributed by atoms with Crippen LogP contribution in [0.3, 0.4) is 0 Å². The summed E-state index contributed by atoms with van der Waals surface area (Å²) in [4.78, 5) is 0. The van der Waals surface area contributed by atoms with Crippen molar-refractivity contribution < 1.29 is 4.74 Å². The number of allylic oxidation sites excluding steroid dienone is 1. The Balaban J connectivity index is 2.11. The van der Waals surface area contributed by atoms with Crippen molar-refractivity contribution in [2.45, 2.75) is 64.4 Å². The van der Waals surface area contributed by atoms with Crippen LogP contribution < -0.4 is 0 Å². The summed E-state index contributed by atoms with van der Waals surface area (Å²) < 4.78 is 6.02. The standard InChI is InChI=1S/C13H22O/c1-3-4-6-12-11(2)7-9-13(12)8-5-10-14-13/h3-10H2,1-2H3. The number of hydrogen-bond donors (Lipinski definition) is 0. The van der Waals surface area contributed by atoms with E-state index in [2.05, 4.69) is 13.8 Å². The minimum absolute atomic E-state index is 0.208. The van der Waals surface area contributed by atoms with Gasteiger partial charge in [0, 0.05) is 6.61 Å². The van der Waals surface area contributed by atoms with Crippen molar-refractivity contribution in [1.82, 2.24) is 0 Å². The molecule has 1 unspecified atom stereocenters. The normalized spacial score (nSPS) is 32.1. The Morgan fingerprint density at radius 2 is 2.21 bits per heavy atom. The van der Waals surface area contributed by atoms with Crippen LogP contribution in [0.15, 0.2) is 11.1 Å². The molecule has 1 atom stereocenters. The third kappa shape index (κ3) is 1.63. The molecule has 0 saturated carbocycles. The van der Waals surface area contributed by atoms with Gasteiger partial charge in [0.1, 0.15) is 0 Å². The summed E-state index contributed by atoms with van der Waals surface area (Å²) in [7, 11) is 0. The SMILES string of the molecule is CCCCC1=C(C)CCC12CCCO2. The zero-order chi connectivity index (χ0) is 10.0. The average Bonchev–Trinajstić information content (AvgIpc) is 2.75. The van der Waals surface area contributed by atoms with Gasteiger partial charge in [-0.05, 0) is 51.0 Å². The van der Waals surface area contributed by atoms with Crippen LogP contribution in [0.5, 0.6) is 0 Å². The topological polar surface area (TPSA) is 9.23 Å². The lowest BCUT2D eigenvalue weighted by atomic mass is 9.88. The van der Waals surface area contributed by atoms with Crippen molar-refractivity contribution in [2.24, 2.45) is 0 Å². The number of unbranched alkanes of at least 4 members (excludes halogenated alkanes) is 1. The van der Waals surface area contributed by atoms with Gasteiger partial charge in [-0.2, -0.15) is 0 Å². The first-order valence-electron chi connectivity index (χ1n) is 6.11. The van der Waals surface area contributed by atoms with E-state index in [4.69, 9.17) is 4.74 Å². The quantitative estimate of drug-likeness (QED) is 0.620. The maximum absolute atomic E-state index is 6.02. The highest BCUT2D eigenvalue weighted by Gasteiger charge is 2.42. The molecule has 0 aromatic rings. The molecule has 2 aliphatic rings. The van der Waals surface area contributed by atoms with Gasteiger partial charge in [-0.25, -0.2) is 0 Å². The first kappa shape index (κ1) is 10.2. The predicted molar refractivity (Wildman–Crippen MR) is 59.4 cm³/mol. The zero-order valence-corrected chi connectivity index (χ0v) is 9.57. The van der Waals surface area contributed by atoms with Crippen LogP contribution >= 0.6 is 0 Å². The lowest BCUT2D eigenvalue weighted by Crippen LogP contribution is -2.27. The molecule has 0 bridgehead atoms.